The van der Waals surface area contributed by atoms with Crippen molar-refractivity contribution in [3.05, 3.63) is 24.0 Å². The Hall–Kier alpha value is -2.03. The van der Waals surface area contributed by atoms with E-state index in [1.54, 1.807) is 0 Å². The van der Waals surface area contributed by atoms with Crippen LogP contribution in [0.3, 0.4) is 0 Å². The van der Waals surface area contributed by atoms with E-state index in [0.717, 1.165) is 25.3 Å². The molecule has 0 saturated carbocycles. The molecule has 0 spiro atoms. The molecule has 0 aliphatic heterocycles. The van der Waals surface area contributed by atoms with Crippen molar-refractivity contribution in [3.8, 4) is 5.75 Å². The molecule has 1 amide bonds. The van der Waals surface area contributed by atoms with E-state index >= 15 is 0 Å². The predicted molar refractivity (Wildman–Crippen MR) is 56.1 cm³/mol. The molecule has 0 fully saturated rings. The van der Waals surface area contributed by atoms with Crippen molar-refractivity contribution < 1.29 is 27.4 Å². The van der Waals surface area contributed by atoms with Gasteiger partial charge in [-0.2, -0.15) is 8.42 Å². The first kappa shape index (κ1) is 13.0. The van der Waals surface area contributed by atoms with Crippen molar-refractivity contribution in [1.29, 1.82) is 0 Å². The maximum Gasteiger partial charge on any atom is 0.422 e. The van der Waals surface area contributed by atoms with Gasteiger partial charge in [-0.15, -0.1) is 0 Å². The average Bonchev–Trinajstić information content (AvgIpc) is 2.22. The second kappa shape index (κ2) is 4.87. The number of hydrogen-bond acceptors (Lipinski definition) is 5. The minimum atomic E-state index is -4.20. The van der Waals surface area contributed by atoms with Gasteiger partial charge in [0.1, 0.15) is 0 Å². The third-order valence-corrected chi connectivity index (χ3v) is 2.54. The standard InChI is InChI=1S/C8H9FN2O5S/c1-16-8(13)11-17(14,15)10-5-2-3-7(12)6(9)4-5/h2-4,10,12H,1H3,(H,11,13). The second-order valence-corrected chi connectivity index (χ2v) is 4.28. The van der Waals surface area contributed by atoms with Crippen LogP contribution in [0, 0.1) is 5.82 Å². The smallest absolute Gasteiger partial charge is 0.422 e. The Morgan fingerprint density at radius 1 is 1.47 bits per heavy atom. The number of aromatic hydroxyl groups is 1. The molecule has 0 saturated heterocycles. The van der Waals surface area contributed by atoms with E-state index in [4.69, 9.17) is 5.11 Å². The van der Waals surface area contributed by atoms with Crippen molar-refractivity contribution in [3.63, 3.8) is 0 Å². The number of methoxy groups -OCH3 is 1. The van der Waals surface area contributed by atoms with E-state index < -0.39 is 27.9 Å². The van der Waals surface area contributed by atoms with Crippen LogP contribution in [-0.2, 0) is 14.9 Å². The van der Waals surface area contributed by atoms with Gasteiger partial charge in [0.25, 0.3) is 0 Å². The SMILES string of the molecule is COC(=O)NS(=O)(=O)Nc1ccc(O)c(F)c1. The fraction of sp³-hybridized carbons (Fsp3) is 0.125. The van der Waals surface area contributed by atoms with Gasteiger partial charge < -0.3 is 9.84 Å². The van der Waals surface area contributed by atoms with Gasteiger partial charge >= 0.3 is 16.3 Å². The molecule has 0 unspecified atom stereocenters. The lowest BCUT2D eigenvalue weighted by Gasteiger charge is -2.08. The number of phenolic OH excluding ortho intramolecular Hbond substituents is 1. The molecule has 17 heavy (non-hydrogen) atoms. The molecular weight excluding hydrogens is 255 g/mol. The van der Waals surface area contributed by atoms with Crippen LogP contribution in [0.25, 0.3) is 0 Å². The highest BCUT2D eigenvalue weighted by Gasteiger charge is 2.15. The van der Waals surface area contributed by atoms with Gasteiger partial charge in [-0.3, -0.25) is 4.72 Å². The predicted octanol–water partition coefficient (Wildman–Crippen LogP) is 0.544. The van der Waals surface area contributed by atoms with Gasteiger partial charge in [0, 0.05) is 6.07 Å². The molecule has 0 aromatic heterocycles. The lowest BCUT2D eigenvalue weighted by atomic mass is 10.3. The zero-order valence-electron chi connectivity index (χ0n) is 8.60. The van der Waals surface area contributed by atoms with Crippen molar-refractivity contribution in [2.45, 2.75) is 0 Å². The molecule has 0 heterocycles. The van der Waals surface area contributed by atoms with Gasteiger partial charge in [-0.25, -0.2) is 13.9 Å². The molecule has 94 valence electrons. The molecule has 0 aliphatic carbocycles. The zero-order chi connectivity index (χ0) is 13.1. The van der Waals surface area contributed by atoms with Crippen LogP contribution in [0.4, 0.5) is 14.9 Å². The number of ether oxygens (including phenoxy) is 1. The first-order chi connectivity index (χ1) is 7.84. The highest BCUT2D eigenvalue weighted by molar-refractivity contribution is 7.91. The number of phenols is 1. The molecule has 0 radical (unpaired) electrons. The van der Waals surface area contributed by atoms with Crippen molar-refractivity contribution in [2.24, 2.45) is 0 Å². The number of nitrogens with one attached hydrogen (secondary N) is 2. The zero-order valence-corrected chi connectivity index (χ0v) is 9.41. The van der Waals surface area contributed by atoms with E-state index in [9.17, 15) is 17.6 Å². The van der Waals surface area contributed by atoms with Crippen LogP contribution in [0.2, 0.25) is 0 Å². The minimum Gasteiger partial charge on any atom is -0.505 e. The number of amides is 1. The molecule has 0 atom stereocenters. The number of anilines is 1. The van der Waals surface area contributed by atoms with Gasteiger partial charge in [0.15, 0.2) is 11.6 Å². The lowest BCUT2D eigenvalue weighted by Crippen LogP contribution is -2.35. The molecular formula is C8H9FN2O5S. The summed E-state index contributed by atoms with van der Waals surface area (Å²) in [6.45, 7) is 0. The average molecular weight is 264 g/mol. The number of rotatable bonds is 3. The van der Waals surface area contributed by atoms with E-state index in [2.05, 4.69) is 4.74 Å². The summed E-state index contributed by atoms with van der Waals surface area (Å²) in [5.41, 5.74) is -0.156. The Labute approximate surface area is 96.4 Å². The van der Waals surface area contributed by atoms with Crippen LogP contribution >= 0.6 is 0 Å². The lowest BCUT2D eigenvalue weighted by molar-refractivity contribution is 0.177. The summed E-state index contributed by atoms with van der Waals surface area (Å²) in [5.74, 6) is -1.61. The van der Waals surface area contributed by atoms with Crippen LogP contribution in [0.1, 0.15) is 0 Å². The molecule has 7 nitrogen and oxygen atoms in total. The topological polar surface area (TPSA) is 105 Å². The van der Waals surface area contributed by atoms with Crippen LogP contribution < -0.4 is 9.44 Å². The number of hydrogen-bond donors (Lipinski definition) is 3. The van der Waals surface area contributed by atoms with Crippen molar-refractivity contribution >= 4 is 22.0 Å². The highest BCUT2D eigenvalue weighted by atomic mass is 32.2. The Balaban J connectivity index is 2.83. The van der Waals surface area contributed by atoms with Crippen LogP contribution in [0.5, 0.6) is 5.75 Å². The normalized spacial score (nSPS) is 10.7. The third kappa shape index (κ3) is 3.79. The summed E-state index contributed by atoms with van der Waals surface area (Å²) in [6.07, 6.45) is -1.18. The molecule has 0 bridgehead atoms. The van der Waals surface area contributed by atoms with E-state index in [0.29, 0.717) is 0 Å². The van der Waals surface area contributed by atoms with Crippen molar-refractivity contribution in [2.75, 3.05) is 11.8 Å². The fourth-order valence-corrected chi connectivity index (χ4v) is 1.69. The van der Waals surface area contributed by atoms with Gasteiger partial charge in [0.2, 0.25) is 0 Å². The summed E-state index contributed by atoms with van der Waals surface area (Å²) in [4.78, 5) is 10.7. The van der Waals surface area contributed by atoms with Crippen molar-refractivity contribution in [1.82, 2.24) is 4.72 Å². The Morgan fingerprint density at radius 3 is 2.65 bits per heavy atom. The first-order valence-corrected chi connectivity index (χ1v) is 5.69. The molecule has 3 N–H and O–H groups in total. The van der Waals surface area contributed by atoms with Gasteiger partial charge in [0.05, 0.1) is 12.8 Å². The Kier molecular flexibility index (Phi) is 3.73. The number of halogens is 1. The minimum absolute atomic E-state index is 0.156. The summed E-state index contributed by atoms with van der Waals surface area (Å²) in [7, 11) is -3.21. The monoisotopic (exact) mass is 264 g/mol. The molecule has 1 aromatic carbocycles. The molecule has 0 aliphatic rings. The summed E-state index contributed by atoms with van der Waals surface area (Å²) >= 11 is 0. The van der Waals surface area contributed by atoms with Gasteiger partial charge in [-0.05, 0) is 12.1 Å². The summed E-state index contributed by atoms with van der Waals surface area (Å²) in [6, 6.07) is 2.84. The molecule has 1 aromatic rings. The number of carbonyl (C=O) groups is 1. The Morgan fingerprint density at radius 2 is 2.12 bits per heavy atom. The second-order valence-electron chi connectivity index (χ2n) is 2.87. The summed E-state index contributed by atoms with van der Waals surface area (Å²) < 4.78 is 42.8. The van der Waals surface area contributed by atoms with E-state index in [1.807, 2.05) is 4.72 Å². The maximum absolute atomic E-state index is 12.9. The highest BCUT2D eigenvalue weighted by Crippen LogP contribution is 2.19. The fourth-order valence-electron chi connectivity index (χ4n) is 0.902. The van der Waals surface area contributed by atoms with Gasteiger partial charge in [-0.1, -0.05) is 0 Å². The first-order valence-electron chi connectivity index (χ1n) is 4.21. The number of benzene rings is 1. The quantitative estimate of drug-likeness (QED) is 0.691. The van der Waals surface area contributed by atoms with Crippen LogP contribution in [-0.4, -0.2) is 26.7 Å². The van der Waals surface area contributed by atoms with E-state index in [1.165, 1.54) is 4.72 Å². The summed E-state index contributed by atoms with van der Waals surface area (Å²) in [5, 5.41) is 8.88. The third-order valence-electron chi connectivity index (χ3n) is 1.60. The molecule has 9 heteroatoms. The molecule has 1 rings (SSSR count). The van der Waals surface area contributed by atoms with E-state index in [-0.39, 0.29) is 5.69 Å². The largest absolute Gasteiger partial charge is 0.505 e. The maximum atomic E-state index is 12.9. The Bertz CT molecular complexity index is 531. The van der Waals surface area contributed by atoms with Crippen LogP contribution in [0.15, 0.2) is 18.2 Å². The number of carbonyl (C=O) groups excluding carboxylic acids is 1.